The number of carbonyl (C=O) groups excluding carboxylic acids is 3. The van der Waals surface area contributed by atoms with E-state index >= 15 is 0 Å². The number of pyridine rings is 1. The molecule has 1 atom stereocenters. The summed E-state index contributed by atoms with van der Waals surface area (Å²) in [5, 5.41) is 8.91. The molecule has 1 aromatic heterocycles. The van der Waals surface area contributed by atoms with Gasteiger partial charge in [-0.2, -0.15) is 0 Å². The molecule has 0 aliphatic carbocycles. The van der Waals surface area contributed by atoms with E-state index < -0.39 is 36.0 Å². The highest BCUT2D eigenvalue weighted by molar-refractivity contribution is 6.31. The molecule has 0 saturated carbocycles. The Morgan fingerprint density at radius 3 is 2.57 bits per heavy atom. The van der Waals surface area contributed by atoms with Gasteiger partial charge >= 0.3 is 11.9 Å². The van der Waals surface area contributed by atoms with E-state index in [1.807, 2.05) is 0 Å². The van der Waals surface area contributed by atoms with Gasteiger partial charge in [0.1, 0.15) is 0 Å². The van der Waals surface area contributed by atoms with Gasteiger partial charge in [0.2, 0.25) is 0 Å². The molecule has 0 bridgehead atoms. The van der Waals surface area contributed by atoms with Gasteiger partial charge in [-0.15, -0.1) is 0 Å². The number of ketones is 2. The first-order valence-electron chi connectivity index (χ1n) is 6.84. The number of nitrogens with zero attached hydrogens (tertiary/aromatic N) is 1. The fraction of sp³-hybridized carbons (Fsp3) is 0.400. The molecule has 0 spiro atoms. The van der Waals surface area contributed by atoms with Gasteiger partial charge < -0.3 is 9.84 Å². The molecule has 0 saturated heterocycles. The highest BCUT2D eigenvalue weighted by atomic mass is 35.5. The second-order valence-electron chi connectivity index (χ2n) is 4.84. The molecule has 0 radical (unpaired) electrons. The van der Waals surface area contributed by atoms with Crippen molar-refractivity contribution in [2.24, 2.45) is 5.92 Å². The molecule has 1 heterocycles. The summed E-state index contributed by atoms with van der Waals surface area (Å²) in [4.78, 5) is 49.7. The van der Waals surface area contributed by atoms with Crippen molar-refractivity contribution in [1.82, 2.24) is 4.98 Å². The minimum atomic E-state index is -1.10. The Labute approximate surface area is 137 Å². The molecule has 7 nitrogen and oxygen atoms in total. The van der Waals surface area contributed by atoms with Crippen molar-refractivity contribution < 1.29 is 29.0 Å². The Hall–Kier alpha value is -2.28. The second kappa shape index (κ2) is 8.99. The lowest BCUT2D eigenvalue weighted by Gasteiger charge is -2.14. The number of hydrogen-bond donors (Lipinski definition) is 1. The molecule has 1 N–H and O–H groups in total. The van der Waals surface area contributed by atoms with Crippen LogP contribution in [-0.2, 0) is 19.1 Å². The molecule has 0 aliphatic rings. The number of halogens is 1. The van der Waals surface area contributed by atoms with Crippen LogP contribution in [0.2, 0.25) is 5.02 Å². The van der Waals surface area contributed by atoms with E-state index in [4.69, 9.17) is 16.7 Å². The number of aromatic nitrogens is 1. The predicted octanol–water partition coefficient (Wildman–Crippen LogP) is 1.92. The maximum Gasteiger partial charge on any atom is 0.303 e. The summed E-state index contributed by atoms with van der Waals surface area (Å²) < 4.78 is 4.62. The lowest BCUT2D eigenvalue weighted by molar-refractivity contribution is -0.146. The average Bonchev–Trinajstić information content (AvgIpc) is 2.48. The zero-order chi connectivity index (χ0) is 17.4. The fourth-order valence-electron chi connectivity index (χ4n) is 1.92. The molecule has 1 aromatic rings. The second-order valence-corrected chi connectivity index (χ2v) is 5.28. The summed E-state index contributed by atoms with van der Waals surface area (Å²) in [6.45, 7) is 0.613. The molecule has 0 fully saturated rings. The topological polar surface area (TPSA) is 111 Å². The third kappa shape index (κ3) is 6.56. The van der Waals surface area contributed by atoms with Crippen LogP contribution in [0.5, 0.6) is 0 Å². The minimum Gasteiger partial charge on any atom is -0.481 e. The summed E-state index contributed by atoms with van der Waals surface area (Å²) in [5.41, 5.74) is 0.147. The van der Waals surface area contributed by atoms with Gasteiger partial charge in [0.05, 0.1) is 10.9 Å². The highest BCUT2D eigenvalue weighted by Crippen LogP contribution is 2.19. The van der Waals surface area contributed by atoms with Crippen molar-refractivity contribution in [2.45, 2.75) is 26.2 Å². The van der Waals surface area contributed by atoms with E-state index in [9.17, 15) is 19.2 Å². The summed E-state index contributed by atoms with van der Waals surface area (Å²) in [5.74, 6) is -3.88. The van der Waals surface area contributed by atoms with Gasteiger partial charge in [0.25, 0.3) is 0 Å². The van der Waals surface area contributed by atoms with Gasteiger partial charge in [0, 0.05) is 31.3 Å². The number of ether oxygens (including phenoxy) is 1. The molecule has 8 heteroatoms. The Bertz CT molecular complexity index is 616. The lowest BCUT2D eigenvalue weighted by atomic mass is 9.90. The van der Waals surface area contributed by atoms with Crippen LogP contribution in [0.3, 0.4) is 0 Å². The molecule has 0 aromatic carbocycles. The first-order valence-corrected chi connectivity index (χ1v) is 7.21. The molecule has 23 heavy (non-hydrogen) atoms. The van der Waals surface area contributed by atoms with Crippen molar-refractivity contribution in [2.75, 3.05) is 6.61 Å². The van der Waals surface area contributed by atoms with Crippen LogP contribution in [0, 0.1) is 5.92 Å². The summed E-state index contributed by atoms with van der Waals surface area (Å²) >= 11 is 5.78. The molecule has 1 unspecified atom stereocenters. The fourth-order valence-corrected chi connectivity index (χ4v) is 2.09. The number of carboxylic acids is 1. The number of aliphatic carboxylic acids is 1. The number of carboxylic acid groups (broad SMARTS) is 1. The average molecular weight is 342 g/mol. The van der Waals surface area contributed by atoms with Crippen LogP contribution in [-0.4, -0.2) is 40.2 Å². The summed E-state index contributed by atoms with van der Waals surface area (Å²) in [6, 6.07) is 1.38. The summed E-state index contributed by atoms with van der Waals surface area (Å²) in [6.07, 6.45) is 2.64. The number of rotatable bonds is 9. The Balaban J connectivity index is 2.88. The van der Waals surface area contributed by atoms with Crippen molar-refractivity contribution >= 4 is 35.1 Å². The highest BCUT2D eigenvalue weighted by Gasteiger charge is 2.28. The Kier molecular flexibility index (Phi) is 7.34. The van der Waals surface area contributed by atoms with E-state index in [-0.39, 0.29) is 29.8 Å². The van der Waals surface area contributed by atoms with E-state index in [0.717, 1.165) is 6.92 Å². The quantitative estimate of drug-likeness (QED) is 0.415. The number of esters is 1. The smallest absolute Gasteiger partial charge is 0.303 e. The minimum absolute atomic E-state index is 0.0394. The van der Waals surface area contributed by atoms with Gasteiger partial charge in [-0.1, -0.05) is 11.6 Å². The Morgan fingerprint density at radius 2 is 2.00 bits per heavy atom. The van der Waals surface area contributed by atoms with Crippen molar-refractivity contribution in [3.63, 3.8) is 0 Å². The van der Waals surface area contributed by atoms with Crippen molar-refractivity contribution in [3.05, 3.63) is 29.0 Å². The van der Waals surface area contributed by atoms with Crippen LogP contribution < -0.4 is 0 Å². The van der Waals surface area contributed by atoms with Crippen LogP contribution in [0.25, 0.3) is 0 Å². The third-order valence-electron chi connectivity index (χ3n) is 3.00. The van der Waals surface area contributed by atoms with Gasteiger partial charge in [-0.3, -0.25) is 24.2 Å². The molecule has 0 amide bonds. The lowest BCUT2D eigenvalue weighted by Crippen LogP contribution is -2.28. The third-order valence-corrected chi connectivity index (χ3v) is 3.20. The number of Topliss-reactive ketones (excluding diaryl/α,β-unsaturated/α-hetero) is 2. The molecular weight excluding hydrogens is 326 g/mol. The SMILES string of the molecule is CC(=O)OCC(=O)C(CCCC(=O)O)C(=O)c1cncc(Cl)c1. The van der Waals surface area contributed by atoms with E-state index in [1.165, 1.54) is 18.5 Å². The van der Waals surface area contributed by atoms with E-state index in [1.54, 1.807) is 0 Å². The van der Waals surface area contributed by atoms with Crippen molar-refractivity contribution in [3.8, 4) is 0 Å². The van der Waals surface area contributed by atoms with Gasteiger partial charge in [0.15, 0.2) is 18.2 Å². The normalized spacial score (nSPS) is 11.6. The standard InChI is InChI=1S/C15H16ClNO6/c1-9(18)23-8-13(19)12(3-2-4-14(20)21)15(22)10-5-11(16)7-17-6-10/h5-7,12H,2-4,8H2,1H3,(H,20,21). The molecular formula is C15H16ClNO6. The van der Waals surface area contributed by atoms with Crippen LogP contribution in [0.1, 0.15) is 36.5 Å². The summed E-state index contributed by atoms with van der Waals surface area (Å²) in [7, 11) is 0. The number of carbonyl (C=O) groups is 4. The van der Waals surface area contributed by atoms with Crippen LogP contribution in [0.15, 0.2) is 18.5 Å². The molecule has 1 rings (SSSR count). The molecule has 0 aliphatic heterocycles. The van der Waals surface area contributed by atoms with Crippen molar-refractivity contribution in [1.29, 1.82) is 0 Å². The maximum atomic E-state index is 12.5. The largest absolute Gasteiger partial charge is 0.481 e. The first kappa shape index (κ1) is 18.8. The maximum absolute atomic E-state index is 12.5. The van der Waals surface area contributed by atoms with E-state index in [0.29, 0.717) is 0 Å². The van der Waals surface area contributed by atoms with E-state index in [2.05, 4.69) is 9.72 Å². The Morgan fingerprint density at radius 1 is 1.30 bits per heavy atom. The zero-order valence-corrected chi connectivity index (χ0v) is 13.2. The van der Waals surface area contributed by atoms with Crippen LogP contribution >= 0.6 is 11.6 Å². The molecule has 124 valence electrons. The monoisotopic (exact) mass is 341 g/mol. The predicted molar refractivity (Wildman–Crippen MR) is 80.2 cm³/mol. The zero-order valence-electron chi connectivity index (χ0n) is 12.5. The number of hydrogen-bond acceptors (Lipinski definition) is 6. The first-order chi connectivity index (χ1) is 10.8. The van der Waals surface area contributed by atoms with Gasteiger partial charge in [-0.25, -0.2) is 0 Å². The van der Waals surface area contributed by atoms with Crippen LogP contribution in [0.4, 0.5) is 0 Å². The van der Waals surface area contributed by atoms with Gasteiger partial charge in [-0.05, 0) is 18.9 Å².